The molecule has 1 saturated heterocycles. The third kappa shape index (κ3) is 2.51. The molecule has 1 aliphatic heterocycles. The van der Waals surface area contributed by atoms with E-state index in [-0.39, 0.29) is 0 Å². The zero-order valence-electron chi connectivity index (χ0n) is 11.0. The summed E-state index contributed by atoms with van der Waals surface area (Å²) in [7, 11) is 0. The van der Waals surface area contributed by atoms with Crippen LogP contribution in [0.25, 0.3) is 0 Å². The zero-order valence-corrected chi connectivity index (χ0v) is 11.0. The number of nitrogens with zero attached hydrogens (tertiary/aromatic N) is 2. The van der Waals surface area contributed by atoms with E-state index in [1.165, 1.54) is 50.6 Å². The summed E-state index contributed by atoms with van der Waals surface area (Å²) in [6, 6.07) is 4.86. The molecule has 0 bridgehead atoms. The highest BCUT2D eigenvalue weighted by Gasteiger charge is 2.32. The first-order valence-electron chi connectivity index (χ1n) is 7.27. The molecule has 0 aromatic carbocycles. The van der Waals surface area contributed by atoms with Gasteiger partial charge in [-0.2, -0.15) is 0 Å². The summed E-state index contributed by atoms with van der Waals surface area (Å²) in [4.78, 5) is 6.88. The van der Waals surface area contributed by atoms with Crippen LogP contribution >= 0.6 is 0 Å². The minimum Gasteiger partial charge on any atom is -0.384 e. The SMILES string of the molecule is Nc1ccc(CN2CCC[C@H]3CCCC[C@H]32)cn1. The smallest absolute Gasteiger partial charge is 0.123 e. The second-order valence-electron chi connectivity index (χ2n) is 5.82. The van der Waals surface area contributed by atoms with Gasteiger partial charge in [0.15, 0.2) is 0 Å². The zero-order chi connectivity index (χ0) is 12.4. The van der Waals surface area contributed by atoms with Crippen LogP contribution in [0.15, 0.2) is 18.3 Å². The predicted molar refractivity (Wildman–Crippen MR) is 74.0 cm³/mol. The Hall–Kier alpha value is -1.09. The lowest BCUT2D eigenvalue weighted by Crippen LogP contribution is -2.46. The van der Waals surface area contributed by atoms with Crippen LogP contribution in [0, 0.1) is 5.92 Å². The van der Waals surface area contributed by atoms with Crippen molar-refractivity contribution in [3.05, 3.63) is 23.9 Å². The number of piperidine rings is 1. The lowest BCUT2D eigenvalue weighted by Gasteiger charge is -2.44. The summed E-state index contributed by atoms with van der Waals surface area (Å²) >= 11 is 0. The molecule has 1 aliphatic carbocycles. The fraction of sp³-hybridized carbons (Fsp3) is 0.667. The van der Waals surface area contributed by atoms with Crippen molar-refractivity contribution in [1.82, 2.24) is 9.88 Å². The third-order valence-corrected chi connectivity index (χ3v) is 4.59. The van der Waals surface area contributed by atoms with E-state index >= 15 is 0 Å². The van der Waals surface area contributed by atoms with Crippen LogP contribution in [-0.2, 0) is 6.54 Å². The van der Waals surface area contributed by atoms with Crippen molar-refractivity contribution in [1.29, 1.82) is 0 Å². The first-order valence-corrected chi connectivity index (χ1v) is 7.27. The standard InChI is InChI=1S/C15H23N3/c16-15-8-7-12(10-17-15)11-18-9-3-5-13-4-1-2-6-14(13)18/h7-8,10,13-14H,1-6,9,11H2,(H2,16,17)/t13-,14-/m1/s1. The maximum Gasteiger partial charge on any atom is 0.123 e. The fourth-order valence-electron chi connectivity index (χ4n) is 3.69. The molecule has 3 rings (SSSR count). The van der Waals surface area contributed by atoms with Crippen molar-refractivity contribution in [3.63, 3.8) is 0 Å². The Bertz CT molecular complexity index is 385. The Morgan fingerprint density at radius 2 is 2.00 bits per heavy atom. The Morgan fingerprint density at radius 3 is 2.83 bits per heavy atom. The van der Waals surface area contributed by atoms with Crippen LogP contribution in [0.3, 0.4) is 0 Å². The molecular formula is C15H23N3. The first-order chi connectivity index (χ1) is 8.83. The monoisotopic (exact) mass is 245 g/mol. The maximum atomic E-state index is 5.64. The van der Waals surface area contributed by atoms with Gasteiger partial charge in [0.1, 0.15) is 5.82 Å². The molecule has 2 atom stereocenters. The van der Waals surface area contributed by atoms with Gasteiger partial charge >= 0.3 is 0 Å². The van der Waals surface area contributed by atoms with Crippen LogP contribution in [0.5, 0.6) is 0 Å². The summed E-state index contributed by atoms with van der Waals surface area (Å²) in [6.07, 6.45) is 10.4. The maximum absolute atomic E-state index is 5.64. The number of nitrogens with two attached hydrogens (primary N) is 1. The molecule has 18 heavy (non-hydrogen) atoms. The average Bonchev–Trinajstić information content (AvgIpc) is 2.42. The van der Waals surface area contributed by atoms with Crippen molar-refractivity contribution in [2.75, 3.05) is 12.3 Å². The number of pyridine rings is 1. The van der Waals surface area contributed by atoms with Gasteiger partial charge < -0.3 is 5.73 Å². The van der Waals surface area contributed by atoms with Crippen molar-refractivity contribution in [2.45, 2.75) is 51.1 Å². The molecule has 1 saturated carbocycles. The van der Waals surface area contributed by atoms with Crippen LogP contribution in [0.4, 0.5) is 5.82 Å². The van der Waals surface area contributed by atoms with E-state index in [2.05, 4.69) is 16.0 Å². The van der Waals surface area contributed by atoms with Crippen molar-refractivity contribution in [3.8, 4) is 0 Å². The number of hydrogen-bond acceptors (Lipinski definition) is 3. The number of nitrogen functional groups attached to an aromatic ring is 1. The minimum atomic E-state index is 0.618. The molecule has 0 amide bonds. The largest absolute Gasteiger partial charge is 0.384 e. The minimum absolute atomic E-state index is 0.618. The normalized spacial score (nSPS) is 28.9. The van der Waals surface area contributed by atoms with Gasteiger partial charge in [0, 0.05) is 18.8 Å². The van der Waals surface area contributed by atoms with Crippen LogP contribution in [-0.4, -0.2) is 22.5 Å². The molecule has 2 aliphatic rings. The molecule has 2 heterocycles. The van der Waals surface area contributed by atoms with E-state index < -0.39 is 0 Å². The average molecular weight is 245 g/mol. The van der Waals surface area contributed by atoms with E-state index in [0.29, 0.717) is 5.82 Å². The van der Waals surface area contributed by atoms with E-state index in [1.807, 2.05) is 12.3 Å². The second-order valence-corrected chi connectivity index (χ2v) is 5.82. The number of aromatic nitrogens is 1. The quantitative estimate of drug-likeness (QED) is 0.871. The summed E-state index contributed by atoms with van der Waals surface area (Å²) in [6.45, 7) is 2.31. The Labute approximate surface area is 109 Å². The highest BCUT2D eigenvalue weighted by Crippen LogP contribution is 2.35. The number of rotatable bonds is 2. The topological polar surface area (TPSA) is 42.1 Å². The lowest BCUT2D eigenvalue weighted by atomic mass is 9.78. The van der Waals surface area contributed by atoms with E-state index in [9.17, 15) is 0 Å². The Balaban J connectivity index is 1.69. The molecule has 2 N–H and O–H groups in total. The summed E-state index contributed by atoms with van der Waals surface area (Å²) in [5.41, 5.74) is 6.94. The van der Waals surface area contributed by atoms with Gasteiger partial charge in [-0.3, -0.25) is 4.90 Å². The molecule has 1 aromatic rings. The molecule has 3 nitrogen and oxygen atoms in total. The van der Waals surface area contributed by atoms with E-state index in [4.69, 9.17) is 5.73 Å². The van der Waals surface area contributed by atoms with Crippen molar-refractivity contribution < 1.29 is 0 Å². The molecule has 98 valence electrons. The van der Waals surface area contributed by atoms with Crippen molar-refractivity contribution >= 4 is 5.82 Å². The predicted octanol–water partition coefficient (Wildman–Crippen LogP) is 2.82. The Morgan fingerprint density at radius 1 is 1.17 bits per heavy atom. The van der Waals surface area contributed by atoms with Gasteiger partial charge in [-0.05, 0) is 49.8 Å². The van der Waals surface area contributed by atoms with Gasteiger partial charge in [-0.25, -0.2) is 4.98 Å². The Kier molecular flexibility index (Phi) is 3.50. The highest BCUT2D eigenvalue weighted by atomic mass is 15.2. The number of hydrogen-bond donors (Lipinski definition) is 1. The van der Waals surface area contributed by atoms with Crippen LogP contribution < -0.4 is 5.73 Å². The number of likely N-dealkylation sites (tertiary alicyclic amines) is 1. The molecule has 0 spiro atoms. The van der Waals surface area contributed by atoms with Gasteiger partial charge in [0.05, 0.1) is 0 Å². The summed E-state index contributed by atoms with van der Waals surface area (Å²) in [5, 5.41) is 0. The molecule has 1 aromatic heterocycles. The second kappa shape index (κ2) is 5.27. The molecule has 0 unspecified atom stereocenters. The van der Waals surface area contributed by atoms with Crippen LogP contribution in [0.1, 0.15) is 44.1 Å². The van der Waals surface area contributed by atoms with E-state index in [1.54, 1.807) is 0 Å². The van der Waals surface area contributed by atoms with E-state index in [0.717, 1.165) is 18.5 Å². The van der Waals surface area contributed by atoms with Gasteiger partial charge in [-0.15, -0.1) is 0 Å². The number of fused-ring (bicyclic) bond motifs is 1. The summed E-state index contributed by atoms with van der Waals surface area (Å²) in [5.74, 6) is 1.57. The van der Waals surface area contributed by atoms with Gasteiger partial charge in [0.2, 0.25) is 0 Å². The summed E-state index contributed by atoms with van der Waals surface area (Å²) < 4.78 is 0. The fourth-order valence-corrected chi connectivity index (χ4v) is 3.69. The van der Waals surface area contributed by atoms with Gasteiger partial charge in [-0.1, -0.05) is 18.9 Å². The molecular weight excluding hydrogens is 222 g/mol. The highest BCUT2D eigenvalue weighted by molar-refractivity contribution is 5.29. The molecule has 0 radical (unpaired) electrons. The van der Waals surface area contributed by atoms with Crippen LogP contribution in [0.2, 0.25) is 0 Å². The molecule has 3 heteroatoms. The molecule has 2 fully saturated rings. The number of anilines is 1. The first kappa shape index (κ1) is 12.0. The van der Waals surface area contributed by atoms with Crippen molar-refractivity contribution in [2.24, 2.45) is 5.92 Å². The third-order valence-electron chi connectivity index (χ3n) is 4.59. The van der Waals surface area contributed by atoms with Gasteiger partial charge in [0.25, 0.3) is 0 Å². The lowest BCUT2D eigenvalue weighted by molar-refractivity contribution is 0.0546.